The van der Waals surface area contributed by atoms with Crippen LogP contribution >= 0.6 is 0 Å². The Morgan fingerprint density at radius 1 is 1.55 bits per heavy atom. The van der Waals surface area contributed by atoms with Gasteiger partial charge in [0.1, 0.15) is 0 Å². The molecular weight excluding hydrogens is 136 g/mol. The smallest absolute Gasteiger partial charge is 0.0522 e. The number of hydrogen-bond donors (Lipinski definition) is 1. The van der Waals surface area contributed by atoms with Crippen LogP contribution in [-0.2, 0) is 0 Å². The van der Waals surface area contributed by atoms with Crippen LogP contribution in [0.25, 0.3) is 0 Å². The van der Waals surface area contributed by atoms with E-state index in [-0.39, 0.29) is 12.0 Å². The molecule has 0 rings (SSSR count). The SMILES string of the molecule is C=CC(C)(CO)CC=C(C)C. The first-order valence-corrected chi connectivity index (χ1v) is 3.92. The molecule has 1 N–H and O–H groups in total. The van der Waals surface area contributed by atoms with Crippen molar-refractivity contribution in [1.29, 1.82) is 0 Å². The Balaban J connectivity index is 4.09. The Morgan fingerprint density at radius 2 is 2.09 bits per heavy atom. The average molecular weight is 154 g/mol. The molecule has 0 saturated heterocycles. The minimum atomic E-state index is -0.142. The van der Waals surface area contributed by atoms with E-state index in [9.17, 15) is 0 Å². The summed E-state index contributed by atoms with van der Waals surface area (Å²) in [4.78, 5) is 0. The summed E-state index contributed by atoms with van der Waals surface area (Å²) in [6.07, 6.45) is 4.81. The molecule has 0 heterocycles. The fraction of sp³-hybridized carbons (Fsp3) is 0.600. The first kappa shape index (κ1) is 10.4. The summed E-state index contributed by atoms with van der Waals surface area (Å²) >= 11 is 0. The maximum Gasteiger partial charge on any atom is 0.0522 e. The van der Waals surface area contributed by atoms with Crippen molar-refractivity contribution in [3.8, 4) is 0 Å². The van der Waals surface area contributed by atoms with Crippen molar-refractivity contribution in [3.05, 3.63) is 24.3 Å². The highest BCUT2D eigenvalue weighted by Gasteiger charge is 2.16. The second-order valence-corrected chi connectivity index (χ2v) is 3.50. The molecule has 0 aliphatic heterocycles. The number of aliphatic hydroxyl groups excluding tert-OH is 1. The summed E-state index contributed by atoms with van der Waals surface area (Å²) < 4.78 is 0. The molecule has 0 amide bonds. The topological polar surface area (TPSA) is 20.2 Å². The molecule has 1 nitrogen and oxygen atoms in total. The minimum absolute atomic E-state index is 0.142. The van der Waals surface area contributed by atoms with Crippen LogP contribution in [-0.4, -0.2) is 11.7 Å². The van der Waals surface area contributed by atoms with Gasteiger partial charge in [-0.15, -0.1) is 6.58 Å². The molecular formula is C10H18O. The lowest BCUT2D eigenvalue weighted by Gasteiger charge is -2.20. The zero-order chi connectivity index (χ0) is 8.91. The van der Waals surface area contributed by atoms with Gasteiger partial charge in [0.25, 0.3) is 0 Å². The number of allylic oxidation sites excluding steroid dienone is 2. The molecule has 0 fully saturated rings. The normalized spacial score (nSPS) is 15.3. The third-order valence-corrected chi connectivity index (χ3v) is 1.83. The quantitative estimate of drug-likeness (QED) is 0.617. The number of aliphatic hydroxyl groups is 1. The fourth-order valence-electron chi connectivity index (χ4n) is 0.650. The van der Waals surface area contributed by atoms with Crippen molar-refractivity contribution in [3.63, 3.8) is 0 Å². The second-order valence-electron chi connectivity index (χ2n) is 3.50. The van der Waals surface area contributed by atoms with Crippen LogP contribution in [0.5, 0.6) is 0 Å². The summed E-state index contributed by atoms with van der Waals surface area (Å²) in [6.45, 7) is 9.97. The summed E-state index contributed by atoms with van der Waals surface area (Å²) in [7, 11) is 0. The average Bonchev–Trinajstić information content (AvgIpc) is 2.00. The first-order valence-electron chi connectivity index (χ1n) is 3.92. The Kier molecular flexibility index (Phi) is 4.12. The fourth-order valence-corrected chi connectivity index (χ4v) is 0.650. The van der Waals surface area contributed by atoms with Gasteiger partial charge in [-0.2, -0.15) is 0 Å². The number of hydrogen-bond acceptors (Lipinski definition) is 1. The van der Waals surface area contributed by atoms with Crippen LogP contribution in [0.15, 0.2) is 24.3 Å². The van der Waals surface area contributed by atoms with Gasteiger partial charge in [0.2, 0.25) is 0 Å². The molecule has 0 aromatic carbocycles. The molecule has 1 heteroatoms. The lowest BCUT2D eigenvalue weighted by molar-refractivity contribution is 0.186. The highest BCUT2D eigenvalue weighted by atomic mass is 16.3. The molecule has 0 aliphatic carbocycles. The highest BCUT2D eigenvalue weighted by molar-refractivity contribution is 5.01. The summed E-state index contributed by atoms with van der Waals surface area (Å²) in [6, 6.07) is 0. The molecule has 0 radical (unpaired) electrons. The van der Waals surface area contributed by atoms with Gasteiger partial charge in [-0.1, -0.05) is 24.6 Å². The third-order valence-electron chi connectivity index (χ3n) is 1.83. The van der Waals surface area contributed by atoms with Gasteiger partial charge in [-0.3, -0.25) is 0 Å². The van der Waals surface area contributed by atoms with E-state index in [0.717, 1.165) is 6.42 Å². The van der Waals surface area contributed by atoms with E-state index in [4.69, 9.17) is 5.11 Å². The molecule has 0 aliphatic rings. The van der Waals surface area contributed by atoms with E-state index in [1.54, 1.807) is 0 Å². The van der Waals surface area contributed by atoms with Crippen molar-refractivity contribution in [2.24, 2.45) is 5.41 Å². The van der Waals surface area contributed by atoms with Gasteiger partial charge >= 0.3 is 0 Å². The maximum atomic E-state index is 9.00. The number of rotatable bonds is 4. The monoisotopic (exact) mass is 154 g/mol. The van der Waals surface area contributed by atoms with Crippen molar-refractivity contribution < 1.29 is 5.11 Å². The van der Waals surface area contributed by atoms with Crippen LogP contribution in [0.1, 0.15) is 27.2 Å². The lowest BCUT2D eigenvalue weighted by atomic mass is 9.87. The minimum Gasteiger partial charge on any atom is -0.395 e. The molecule has 0 aromatic rings. The molecule has 0 spiro atoms. The Morgan fingerprint density at radius 3 is 2.36 bits per heavy atom. The summed E-state index contributed by atoms with van der Waals surface area (Å²) in [5.74, 6) is 0. The van der Waals surface area contributed by atoms with Gasteiger partial charge in [0.15, 0.2) is 0 Å². The molecule has 11 heavy (non-hydrogen) atoms. The van der Waals surface area contributed by atoms with Crippen LogP contribution in [0.2, 0.25) is 0 Å². The first-order chi connectivity index (χ1) is 5.04. The zero-order valence-electron chi connectivity index (χ0n) is 7.72. The van der Waals surface area contributed by atoms with Crippen LogP contribution in [0, 0.1) is 5.41 Å². The second kappa shape index (κ2) is 4.35. The van der Waals surface area contributed by atoms with Crippen molar-refractivity contribution in [2.45, 2.75) is 27.2 Å². The van der Waals surface area contributed by atoms with Crippen molar-refractivity contribution in [1.82, 2.24) is 0 Å². The van der Waals surface area contributed by atoms with Gasteiger partial charge in [-0.25, -0.2) is 0 Å². The van der Waals surface area contributed by atoms with Crippen LogP contribution in [0.3, 0.4) is 0 Å². The van der Waals surface area contributed by atoms with Crippen LogP contribution < -0.4 is 0 Å². The van der Waals surface area contributed by atoms with Gasteiger partial charge < -0.3 is 5.11 Å². The maximum absolute atomic E-state index is 9.00. The van der Waals surface area contributed by atoms with E-state index < -0.39 is 0 Å². The summed E-state index contributed by atoms with van der Waals surface area (Å²) in [5, 5.41) is 9.00. The predicted octanol–water partition coefficient (Wildman–Crippen LogP) is 2.53. The Labute approximate surface area is 69.4 Å². The molecule has 1 atom stereocenters. The molecule has 0 saturated carbocycles. The Bertz CT molecular complexity index is 154. The molecule has 0 bridgehead atoms. The van der Waals surface area contributed by atoms with E-state index in [1.807, 2.05) is 13.0 Å². The predicted molar refractivity (Wildman–Crippen MR) is 49.4 cm³/mol. The standard InChI is InChI=1S/C10H18O/c1-5-10(4,8-11)7-6-9(2)3/h5-6,11H,1,7-8H2,2-4H3. The molecule has 0 aromatic heterocycles. The highest BCUT2D eigenvalue weighted by Crippen LogP contribution is 2.22. The molecule has 64 valence electrons. The molecule has 1 unspecified atom stereocenters. The van der Waals surface area contributed by atoms with E-state index in [1.165, 1.54) is 5.57 Å². The Hall–Kier alpha value is -0.560. The van der Waals surface area contributed by atoms with Crippen molar-refractivity contribution >= 4 is 0 Å². The van der Waals surface area contributed by atoms with E-state index >= 15 is 0 Å². The van der Waals surface area contributed by atoms with E-state index in [0.29, 0.717) is 0 Å². The third kappa shape index (κ3) is 3.99. The zero-order valence-corrected chi connectivity index (χ0v) is 7.72. The van der Waals surface area contributed by atoms with Gasteiger partial charge in [-0.05, 0) is 20.3 Å². The van der Waals surface area contributed by atoms with Gasteiger partial charge in [0, 0.05) is 5.41 Å². The van der Waals surface area contributed by atoms with Gasteiger partial charge in [0.05, 0.1) is 6.61 Å². The van der Waals surface area contributed by atoms with E-state index in [2.05, 4.69) is 26.5 Å². The lowest BCUT2D eigenvalue weighted by Crippen LogP contribution is -2.16. The summed E-state index contributed by atoms with van der Waals surface area (Å²) in [5.41, 5.74) is 1.14. The van der Waals surface area contributed by atoms with Crippen molar-refractivity contribution in [2.75, 3.05) is 6.61 Å². The van der Waals surface area contributed by atoms with Crippen LogP contribution in [0.4, 0.5) is 0 Å². The largest absolute Gasteiger partial charge is 0.395 e.